The fraction of sp³-hybridized carbons (Fsp3) is 0.462. The number of Topliss-reactive ketones (excluding diaryl/α,β-unsaturated/α-hetero) is 1. The van der Waals surface area contributed by atoms with Crippen LogP contribution in [0.4, 0.5) is 0 Å². The minimum atomic E-state index is -0.993. The van der Waals surface area contributed by atoms with Crippen molar-refractivity contribution in [2.24, 2.45) is 5.92 Å². The largest absolute Gasteiger partial charge is 0.486 e. The van der Waals surface area contributed by atoms with Gasteiger partial charge in [-0.05, 0) is 79.7 Å². The van der Waals surface area contributed by atoms with Gasteiger partial charge >= 0.3 is 0 Å². The Balaban J connectivity index is 1.30. The summed E-state index contributed by atoms with van der Waals surface area (Å²) in [5, 5.41) is 14.7. The molecule has 2 aromatic rings. The number of hydrogen-bond acceptors (Lipinski definition) is 6. The second-order valence-electron chi connectivity index (χ2n) is 9.32. The van der Waals surface area contributed by atoms with Crippen LogP contribution in [0.2, 0.25) is 5.02 Å². The molecular formula is C26H29ClN2O5. The summed E-state index contributed by atoms with van der Waals surface area (Å²) in [7, 11) is 0. The maximum absolute atomic E-state index is 13.0. The molecule has 3 aliphatic rings. The molecule has 2 N–H and O–H groups in total. The number of carbonyl (C=O) groups is 2. The topological polar surface area (TPSA) is 88.1 Å². The predicted octanol–water partition coefficient (Wildman–Crippen LogP) is 2.71. The molecule has 2 heterocycles. The van der Waals surface area contributed by atoms with E-state index in [1.807, 2.05) is 18.2 Å². The molecule has 5 rings (SSSR count). The third kappa shape index (κ3) is 4.92. The Labute approximate surface area is 204 Å². The summed E-state index contributed by atoms with van der Waals surface area (Å²) in [6.45, 7) is 3.22. The van der Waals surface area contributed by atoms with Crippen molar-refractivity contribution < 1.29 is 24.2 Å². The Morgan fingerprint density at radius 2 is 1.76 bits per heavy atom. The van der Waals surface area contributed by atoms with Gasteiger partial charge in [-0.3, -0.25) is 9.59 Å². The van der Waals surface area contributed by atoms with Gasteiger partial charge in [0.2, 0.25) is 5.78 Å². The molecule has 2 aliphatic heterocycles. The van der Waals surface area contributed by atoms with Crippen LogP contribution in [0.1, 0.15) is 35.6 Å². The fourth-order valence-electron chi connectivity index (χ4n) is 5.14. The number of nitrogens with zero attached hydrogens (tertiary/aromatic N) is 1. The molecule has 8 heteroatoms. The van der Waals surface area contributed by atoms with E-state index in [0.717, 1.165) is 37.1 Å². The summed E-state index contributed by atoms with van der Waals surface area (Å²) in [6.07, 6.45) is 2.21. The van der Waals surface area contributed by atoms with Crippen molar-refractivity contribution in [1.82, 2.24) is 10.2 Å². The molecule has 180 valence electrons. The van der Waals surface area contributed by atoms with Crippen LogP contribution in [0.25, 0.3) is 0 Å². The highest BCUT2D eigenvalue weighted by Gasteiger charge is 2.34. The number of carbonyl (C=O) groups excluding carboxylic acids is 2. The Bertz CT molecular complexity index is 1080. The van der Waals surface area contributed by atoms with Gasteiger partial charge in [-0.15, -0.1) is 0 Å². The third-order valence-electron chi connectivity index (χ3n) is 6.95. The zero-order valence-electron chi connectivity index (χ0n) is 19.0. The van der Waals surface area contributed by atoms with Gasteiger partial charge in [0.05, 0.1) is 6.04 Å². The molecule has 3 atom stereocenters. The van der Waals surface area contributed by atoms with Gasteiger partial charge in [0.15, 0.2) is 11.5 Å². The van der Waals surface area contributed by atoms with E-state index in [1.165, 1.54) is 0 Å². The number of halogens is 1. The molecule has 1 saturated heterocycles. The lowest BCUT2D eigenvalue weighted by molar-refractivity contribution is -0.141. The zero-order chi connectivity index (χ0) is 23.7. The van der Waals surface area contributed by atoms with Crippen molar-refractivity contribution in [3.63, 3.8) is 0 Å². The number of amides is 1. The van der Waals surface area contributed by atoms with Crippen molar-refractivity contribution in [2.45, 2.75) is 37.8 Å². The van der Waals surface area contributed by atoms with Gasteiger partial charge in [0, 0.05) is 17.5 Å². The fourth-order valence-corrected chi connectivity index (χ4v) is 5.34. The molecule has 1 amide bonds. The van der Waals surface area contributed by atoms with E-state index in [4.69, 9.17) is 21.1 Å². The molecule has 0 bridgehead atoms. The number of rotatable bonds is 7. The summed E-state index contributed by atoms with van der Waals surface area (Å²) in [5.74, 6) is -0.295. The van der Waals surface area contributed by atoms with Crippen LogP contribution in [0.3, 0.4) is 0 Å². The monoisotopic (exact) mass is 484 g/mol. The molecule has 1 fully saturated rings. The van der Waals surface area contributed by atoms with Gasteiger partial charge < -0.3 is 24.8 Å². The number of fused-ring (bicyclic) bond motifs is 2. The molecule has 1 aliphatic carbocycles. The van der Waals surface area contributed by atoms with E-state index in [2.05, 4.69) is 10.2 Å². The minimum absolute atomic E-state index is 0.410. The normalized spacial score (nSPS) is 21.1. The number of hydrogen-bond donors (Lipinski definition) is 2. The summed E-state index contributed by atoms with van der Waals surface area (Å²) < 4.78 is 11.2. The quantitative estimate of drug-likeness (QED) is 0.587. The number of ketones is 1. The molecular weight excluding hydrogens is 456 g/mol. The van der Waals surface area contributed by atoms with Crippen molar-refractivity contribution in [2.75, 3.05) is 32.8 Å². The predicted molar refractivity (Wildman–Crippen MR) is 127 cm³/mol. The van der Waals surface area contributed by atoms with E-state index in [-0.39, 0.29) is 0 Å². The summed E-state index contributed by atoms with van der Waals surface area (Å²) >= 11 is 6.09. The third-order valence-corrected chi connectivity index (χ3v) is 7.19. The highest BCUT2D eigenvalue weighted by atomic mass is 35.5. The first-order chi connectivity index (χ1) is 16.5. The molecule has 0 spiro atoms. The van der Waals surface area contributed by atoms with E-state index < -0.39 is 29.8 Å². The second kappa shape index (κ2) is 9.94. The molecule has 0 aromatic heterocycles. The van der Waals surface area contributed by atoms with Gasteiger partial charge in [0.1, 0.15) is 19.3 Å². The van der Waals surface area contributed by atoms with Gasteiger partial charge in [-0.2, -0.15) is 0 Å². The second-order valence-corrected chi connectivity index (χ2v) is 9.75. The van der Waals surface area contributed by atoms with Crippen LogP contribution < -0.4 is 14.8 Å². The number of likely N-dealkylation sites (tertiary alicyclic amines) is 1. The molecule has 34 heavy (non-hydrogen) atoms. The van der Waals surface area contributed by atoms with E-state index in [0.29, 0.717) is 54.7 Å². The maximum Gasteiger partial charge on any atom is 0.288 e. The first kappa shape index (κ1) is 23.1. The Morgan fingerprint density at radius 1 is 1.03 bits per heavy atom. The average Bonchev–Trinajstić information content (AvgIpc) is 3.51. The Morgan fingerprint density at radius 3 is 2.56 bits per heavy atom. The van der Waals surface area contributed by atoms with Crippen LogP contribution in [0.15, 0.2) is 36.4 Å². The molecule has 0 radical (unpaired) electrons. The Hall–Kier alpha value is -2.61. The van der Waals surface area contributed by atoms with Gasteiger partial charge in [-0.25, -0.2) is 0 Å². The standard InChI is InChI=1S/C26H29ClN2O5/c27-20-5-3-16-11-19(12-18(16)13-20)25(31)26(32)28-21(15-29-7-1-2-8-29)24(30)17-4-6-22-23(14-17)34-10-9-33-22/h3-6,13-14,19,21,24,30H,1-2,7-12,15H2,(H,28,32). The molecule has 0 saturated carbocycles. The number of benzene rings is 2. The smallest absolute Gasteiger partial charge is 0.288 e. The average molecular weight is 485 g/mol. The highest BCUT2D eigenvalue weighted by Crippen LogP contribution is 2.34. The van der Waals surface area contributed by atoms with Crippen molar-refractivity contribution >= 4 is 23.3 Å². The molecule has 2 aromatic carbocycles. The Kier molecular flexibility index (Phi) is 6.77. The maximum atomic E-state index is 13.0. The number of ether oxygens (including phenoxy) is 2. The lowest BCUT2D eigenvalue weighted by atomic mass is 9.98. The van der Waals surface area contributed by atoms with Gasteiger partial charge in [0.25, 0.3) is 5.91 Å². The van der Waals surface area contributed by atoms with Crippen LogP contribution in [-0.4, -0.2) is 60.6 Å². The van der Waals surface area contributed by atoms with E-state index >= 15 is 0 Å². The SMILES string of the molecule is O=C(NC(CN1CCCC1)C(O)c1ccc2c(c1)OCCO2)C(=O)C1Cc2ccc(Cl)cc2C1. The first-order valence-electron chi connectivity index (χ1n) is 11.9. The molecule has 3 unspecified atom stereocenters. The summed E-state index contributed by atoms with van der Waals surface area (Å²) in [5.41, 5.74) is 2.69. The van der Waals surface area contributed by atoms with Crippen LogP contribution in [-0.2, 0) is 22.4 Å². The number of aliphatic hydroxyl groups is 1. The van der Waals surface area contributed by atoms with E-state index in [9.17, 15) is 14.7 Å². The lowest BCUT2D eigenvalue weighted by Crippen LogP contribution is -2.49. The number of aliphatic hydroxyl groups excluding tert-OH is 1. The van der Waals surface area contributed by atoms with Crippen LogP contribution in [0.5, 0.6) is 11.5 Å². The van der Waals surface area contributed by atoms with E-state index in [1.54, 1.807) is 18.2 Å². The van der Waals surface area contributed by atoms with Gasteiger partial charge in [-0.1, -0.05) is 23.7 Å². The summed E-state index contributed by atoms with van der Waals surface area (Å²) in [6, 6.07) is 10.3. The van der Waals surface area contributed by atoms with Crippen LogP contribution >= 0.6 is 11.6 Å². The summed E-state index contributed by atoms with van der Waals surface area (Å²) in [4.78, 5) is 28.3. The first-order valence-corrected chi connectivity index (χ1v) is 12.3. The van der Waals surface area contributed by atoms with Crippen molar-refractivity contribution in [3.05, 3.63) is 58.1 Å². The zero-order valence-corrected chi connectivity index (χ0v) is 19.7. The van der Waals surface area contributed by atoms with Crippen molar-refractivity contribution in [3.8, 4) is 11.5 Å². The number of nitrogens with one attached hydrogen (secondary N) is 1. The highest BCUT2D eigenvalue weighted by molar-refractivity contribution is 6.37. The molecule has 7 nitrogen and oxygen atoms in total. The van der Waals surface area contributed by atoms with Crippen LogP contribution in [0, 0.1) is 5.92 Å². The lowest BCUT2D eigenvalue weighted by Gasteiger charge is -2.29. The minimum Gasteiger partial charge on any atom is -0.486 e. The van der Waals surface area contributed by atoms with Crippen molar-refractivity contribution in [1.29, 1.82) is 0 Å².